The van der Waals surface area contributed by atoms with Crippen molar-refractivity contribution >= 4 is 41.9 Å². The number of hydrogen-bond donors (Lipinski definition) is 3. The summed E-state index contributed by atoms with van der Waals surface area (Å²) >= 11 is 0. The van der Waals surface area contributed by atoms with Gasteiger partial charge in [-0.1, -0.05) is 76.6 Å². The minimum atomic E-state index is -1.29. The van der Waals surface area contributed by atoms with Crippen LogP contribution in [-0.2, 0) is 43.7 Å². The number of carbonyl (C=O) groups is 7. The summed E-state index contributed by atoms with van der Waals surface area (Å²) < 4.78 is 5.38. The summed E-state index contributed by atoms with van der Waals surface area (Å²) in [7, 11) is 4.65. The van der Waals surface area contributed by atoms with Gasteiger partial charge in [0.05, 0.1) is 6.42 Å². The molecule has 6 amide bonds. The molecule has 0 aromatic heterocycles. The molecule has 0 heterocycles. The zero-order valence-electron chi connectivity index (χ0n) is 35.3. The number of hydrogen-bond acceptors (Lipinski definition) is 8. The first-order valence-electron chi connectivity index (χ1n) is 18.4. The SMILES string of the molecule is C/C=C\C(=O)N(C)CCNC(=O)[C@H](CC(=O)OC(C)(C)C)NC(=O)/C(C)=C/CN(C)C(=O)C(NC(=O)C(N(C)C=O)C(C)(C)c1cccc(C)c1)C(C)(C)C. The fourth-order valence-electron chi connectivity index (χ4n) is 5.71. The van der Waals surface area contributed by atoms with Crippen molar-refractivity contribution in [2.45, 2.75) is 112 Å². The third kappa shape index (κ3) is 15.3. The number of allylic oxidation sites excluding steroid dienone is 1. The number of aryl methyl sites for hydroxylation is 1. The van der Waals surface area contributed by atoms with Crippen LogP contribution in [-0.4, -0.2) is 121 Å². The maximum absolute atomic E-state index is 14.0. The third-order valence-electron chi connectivity index (χ3n) is 8.92. The molecule has 306 valence electrons. The molecule has 2 unspecified atom stereocenters. The van der Waals surface area contributed by atoms with Crippen molar-refractivity contribution in [1.29, 1.82) is 0 Å². The number of nitrogens with zero attached hydrogens (tertiary/aromatic N) is 3. The van der Waals surface area contributed by atoms with Crippen LogP contribution in [0.5, 0.6) is 0 Å². The summed E-state index contributed by atoms with van der Waals surface area (Å²) in [4.78, 5) is 95.3. The fraction of sp³-hybridized carbons (Fsp3) is 0.585. The average molecular weight is 769 g/mol. The molecule has 14 heteroatoms. The normalized spacial score (nSPS) is 13.9. The Morgan fingerprint density at radius 1 is 0.891 bits per heavy atom. The lowest BCUT2D eigenvalue weighted by Crippen LogP contribution is -2.61. The van der Waals surface area contributed by atoms with Crippen LogP contribution in [0.3, 0.4) is 0 Å². The van der Waals surface area contributed by atoms with E-state index in [1.54, 1.807) is 40.8 Å². The highest BCUT2D eigenvalue weighted by Gasteiger charge is 2.43. The van der Waals surface area contributed by atoms with Crippen molar-refractivity contribution in [2.75, 3.05) is 40.8 Å². The van der Waals surface area contributed by atoms with Crippen molar-refractivity contribution in [3.63, 3.8) is 0 Å². The molecule has 0 bridgehead atoms. The van der Waals surface area contributed by atoms with Crippen LogP contribution in [0.1, 0.15) is 86.8 Å². The van der Waals surface area contributed by atoms with Crippen molar-refractivity contribution in [1.82, 2.24) is 30.7 Å². The molecule has 0 aliphatic rings. The second-order valence-electron chi connectivity index (χ2n) is 16.5. The Bertz CT molecular complexity index is 1600. The van der Waals surface area contributed by atoms with Gasteiger partial charge in [0.25, 0.3) is 0 Å². The highest BCUT2D eigenvalue weighted by atomic mass is 16.6. The minimum absolute atomic E-state index is 0.0253. The number of amides is 6. The number of carbonyl (C=O) groups excluding carboxylic acids is 7. The van der Waals surface area contributed by atoms with Crippen LogP contribution in [0.4, 0.5) is 0 Å². The summed E-state index contributed by atoms with van der Waals surface area (Å²) in [6, 6.07) is 4.46. The van der Waals surface area contributed by atoms with E-state index in [1.807, 2.05) is 65.8 Å². The molecule has 0 spiro atoms. The number of rotatable bonds is 18. The number of ether oxygens (including phenoxy) is 1. The fourth-order valence-corrected chi connectivity index (χ4v) is 5.71. The molecule has 14 nitrogen and oxygen atoms in total. The minimum Gasteiger partial charge on any atom is -0.460 e. The van der Waals surface area contributed by atoms with Gasteiger partial charge in [-0.3, -0.25) is 33.6 Å². The van der Waals surface area contributed by atoms with E-state index in [1.165, 1.54) is 47.9 Å². The average Bonchev–Trinajstić information content (AvgIpc) is 3.07. The van der Waals surface area contributed by atoms with Gasteiger partial charge in [0.15, 0.2) is 0 Å². The summed E-state index contributed by atoms with van der Waals surface area (Å²) in [5, 5.41) is 8.17. The molecule has 0 fully saturated rings. The van der Waals surface area contributed by atoms with Crippen LogP contribution < -0.4 is 16.0 Å². The molecular formula is C41H64N6O8. The van der Waals surface area contributed by atoms with Gasteiger partial charge in [-0.15, -0.1) is 0 Å². The Kier molecular flexibility index (Phi) is 18.0. The van der Waals surface area contributed by atoms with Gasteiger partial charge in [-0.2, -0.15) is 0 Å². The summed E-state index contributed by atoms with van der Waals surface area (Å²) in [6.45, 7) is 19.7. The lowest BCUT2D eigenvalue weighted by atomic mass is 9.75. The molecular weight excluding hydrogens is 704 g/mol. The first-order chi connectivity index (χ1) is 25.3. The molecule has 1 rings (SSSR count). The number of esters is 1. The molecule has 0 saturated heterocycles. The maximum Gasteiger partial charge on any atom is 0.308 e. The number of nitrogens with one attached hydrogen (secondary N) is 3. The van der Waals surface area contributed by atoms with E-state index < -0.39 is 70.6 Å². The third-order valence-corrected chi connectivity index (χ3v) is 8.92. The van der Waals surface area contributed by atoms with E-state index in [2.05, 4.69) is 16.0 Å². The van der Waals surface area contributed by atoms with Crippen molar-refractivity contribution in [3.8, 4) is 0 Å². The predicted octanol–water partition coefficient (Wildman–Crippen LogP) is 3.03. The Balaban J connectivity index is 3.21. The smallest absolute Gasteiger partial charge is 0.308 e. The van der Waals surface area contributed by atoms with Gasteiger partial charge >= 0.3 is 5.97 Å². The van der Waals surface area contributed by atoms with E-state index in [4.69, 9.17) is 4.74 Å². The van der Waals surface area contributed by atoms with Crippen LogP contribution >= 0.6 is 0 Å². The molecule has 1 aromatic carbocycles. The monoisotopic (exact) mass is 768 g/mol. The predicted molar refractivity (Wildman–Crippen MR) is 212 cm³/mol. The van der Waals surface area contributed by atoms with Gasteiger partial charge in [-0.25, -0.2) is 0 Å². The zero-order chi connectivity index (χ0) is 42.5. The first kappa shape index (κ1) is 48.0. The summed E-state index contributed by atoms with van der Waals surface area (Å²) in [5.41, 5.74) is -0.368. The lowest BCUT2D eigenvalue weighted by molar-refractivity contribution is -0.156. The quantitative estimate of drug-likeness (QED) is 0.116. The second-order valence-corrected chi connectivity index (χ2v) is 16.5. The van der Waals surface area contributed by atoms with E-state index >= 15 is 0 Å². The number of likely N-dealkylation sites (N-methyl/N-ethyl adjacent to an activating group) is 3. The Labute approximate surface area is 327 Å². The molecule has 3 atom stereocenters. The Hall–Kier alpha value is -5.01. The molecule has 55 heavy (non-hydrogen) atoms. The second kappa shape index (κ2) is 20.6. The van der Waals surface area contributed by atoms with Gasteiger partial charge in [0.1, 0.15) is 23.7 Å². The topological polar surface area (TPSA) is 175 Å². The molecule has 0 aliphatic heterocycles. The van der Waals surface area contributed by atoms with Crippen LogP contribution in [0.25, 0.3) is 0 Å². The maximum atomic E-state index is 14.0. The van der Waals surface area contributed by atoms with E-state index in [0.29, 0.717) is 6.41 Å². The molecule has 0 radical (unpaired) electrons. The zero-order valence-corrected chi connectivity index (χ0v) is 35.3. The Morgan fingerprint density at radius 2 is 1.51 bits per heavy atom. The highest BCUT2D eigenvalue weighted by molar-refractivity contribution is 5.98. The van der Waals surface area contributed by atoms with Crippen molar-refractivity contribution in [3.05, 3.63) is 59.2 Å². The molecule has 3 N–H and O–H groups in total. The summed E-state index contributed by atoms with van der Waals surface area (Å²) in [5.74, 6) is -3.15. The van der Waals surface area contributed by atoms with E-state index in [9.17, 15) is 33.6 Å². The van der Waals surface area contributed by atoms with Crippen LogP contribution in [0.15, 0.2) is 48.1 Å². The van der Waals surface area contributed by atoms with E-state index in [0.717, 1.165) is 11.1 Å². The highest BCUT2D eigenvalue weighted by Crippen LogP contribution is 2.31. The standard InChI is InChI=1S/C41H64N6O8/c1-15-17-31(49)45(12)23-21-42-36(52)30(25-32(50)55-40(7,8)9)43-35(51)28(3)20-22-46(13)38(54)33(39(4,5)6)44-37(53)34(47(14)26-48)41(10,11)29-19-16-18-27(2)24-29/h15-20,24,26,30,33-34H,21-23,25H2,1-14H3,(H,42,52)(H,43,51)(H,44,53)/b17-15-,28-20+/t30-,33?,34?/m0/s1. The number of benzene rings is 1. The lowest BCUT2D eigenvalue weighted by Gasteiger charge is -2.40. The van der Waals surface area contributed by atoms with Gasteiger partial charge in [-0.05, 0) is 58.6 Å². The molecule has 0 aliphatic carbocycles. The van der Waals surface area contributed by atoms with Gasteiger partial charge in [0.2, 0.25) is 35.9 Å². The van der Waals surface area contributed by atoms with Gasteiger partial charge < -0.3 is 35.4 Å². The van der Waals surface area contributed by atoms with Crippen molar-refractivity contribution < 1.29 is 38.3 Å². The van der Waals surface area contributed by atoms with Gasteiger partial charge in [0, 0.05) is 51.8 Å². The Morgan fingerprint density at radius 3 is 2.04 bits per heavy atom. The summed E-state index contributed by atoms with van der Waals surface area (Å²) in [6.07, 6.45) is 4.65. The van der Waals surface area contributed by atoms with Crippen LogP contribution in [0.2, 0.25) is 0 Å². The first-order valence-corrected chi connectivity index (χ1v) is 18.4. The van der Waals surface area contributed by atoms with E-state index in [-0.39, 0.29) is 31.1 Å². The van der Waals surface area contributed by atoms with Crippen molar-refractivity contribution in [2.24, 2.45) is 5.41 Å². The van der Waals surface area contributed by atoms with Crippen LogP contribution in [0, 0.1) is 12.3 Å². The largest absolute Gasteiger partial charge is 0.460 e. The molecule has 0 saturated carbocycles. The molecule has 1 aromatic rings.